The molecule has 0 radical (unpaired) electrons. The van der Waals surface area contributed by atoms with Crippen LogP contribution in [-0.4, -0.2) is 16.2 Å². The van der Waals surface area contributed by atoms with Crippen LogP contribution < -0.4 is 5.73 Å². The van der Waals surface area contributed by atoms with Gasteiger partial charge in [-0.3, -0.25) is 0 Å². The highest BCUT2D eigenvalue weighted by molar-refractivity contribution is 9.10. The molecule has 3 N–H and O–H groups in total. The molecule has 0 amide bonds. The molecule has 1 heterocycles. The Hall–Kier alpha value is -0.450. The van der Waals surface area contributed by atoms with Crippen LogP contribution in [0, 0.1) is 5.92 Å². The van der Waals surface area contributed by atoms with Crippen LogP contribution in [0.25, 0.3) is 0 Å². The van der Waals surface area contributed by atoms with Gasteiger partial charge in [0.05, 0.1) is 12.1 Å². The van der Waals surface area contributed by atoms with E-state index in [1.54, 1.807) is 6.20 Å². The summed E-state index contributed by atoms with van der Waals surface area (Å²) in [6.45, 7) is 0. The molecular formula is C10H13BrN2O. The van der Waals surface area contributed by atoms with Gasteiger partial charge in [-0.25, -0.2) is 4.98 Å². The van der Waals surface area contributed by atoms with Crippen molar-refractivity contribution in [3.05, 3.63) is 28.5 Å². The number of aliphatic hydroxyl groups excluding tert-OH is 1. The summed E-state index contributed by atoms with van der Waals surface area (Å²) < 4.78 is 0.758. The van der Waals surface area contributed by atoms with Crippen molar-refractivity contribution >= 4 is 15.9 Å². The van der Waals surface area contributed by atoms with Gasteiger partial charge in [0, 0.05) is 6.20 Å². The first-order chi connectivity index (χ1) is 6.68. The lowest BCUT2D eigenvalue weighted by Crippen LogP contribution is -2.27. The summed E-state index contributed by atoms with van der Waals surface area (Å²) in [6.07, 6.45) is 3.48. The van der Waals surface area contributed by atoms with Crippen LogP contribution in [0.4, 0.5) is 0 Å². The first kappa shape index (κ1) is 10.1. The van der Waals surface area contributed by atoms with Crippen molar-refractivity contribution in [1.29, 1.82) is 0 Å². The van der Waals surface area contributed by atoms with Crippen LogP contribution in [0.5, 0.6) is 0 Å². The van der Waals surface area contributed by atoms with Crippen molar-refractivity contribution < 1.29 is 5.11 Å². The molecule has 0 aromatic carbocycles. The highest BCUT2D eigenvalue weighted by Crippen LogP contribution is 2.37. The van der Waals surface area contributed by atoms with Gasteiger partial charge in [0.15, 0.2) is 0 Å². The molecule has 1 fully saturated rings. The SMILES string of the molecule is N[C@H](c1ccnc(Br)c1)[C@@H](O)C1CC1. The fraction of sp³-hybridized carbons (Fsp3) is 0.500. The molecule has 0 aliphatic heterocycles. The minimum Gasteiger partial charge on any atom is -0.391 e. The molecule has 4 heteroatoms. The molecule has 1 aromatic rings. The molecule has 1 saturated carbocycles. The van der Waals surface area contributed by atoms with Gasteiger partial charge >= 0.3 is 0 Å². The van der Waals surface area contributed by atoms with E-state index in [4.69, 9.17) is 5.73 Å². The molecule has 14 heavy (non-hydrogen) atoms. The number of pyridine rings is 1. The summed E-state index contributed by atoms with van der Waals surface area (Å²) in [4.78, 5) is 4.02. The largest absolute Gasteiger partial charge is 0.391 e. The van der Waals surface area contributed by atoms with Crippen molar-refractivity contribution in [2.24, 2.45) is 11.7 Å². The Kier molecular flexibility index (Phi) is 2.85. The summed E-state index contributed by atoms with van der Waals surface area (Å²) in [5.41, 5.74) is 6.89. The van der Waals surface area contributed by atoms with Crippen molar-refractivity contribution in [1.82, 2.24) is 4.98 Å². The second kappa shape index (κ2) is 3.96. The van der Waals surface area contributed by atoms with E-state index in [0.29, 0.717) is 5.92 Å². The van der Waals surface area contributed by atoms with Gasteiger partial charge in [0.2, 0.25) is 0 Å². The zero-order valence-corrected chi connectivity index (χ0v) is 9.31. The number of nitrogens with zero attached hydrogens (tertiary/aromatic N) is 1. The molecule has 1 aliphatic carbocycles. The maximum absolute atomic E-state index is 9.84. The number of aromatic nitrogens is 1. The number of nitrogens with two attached hydrogens (primary N) is 1. The van der Waals surface area contributed by atoms with Gasteiger partial charge < -0.3 is 10.8 Å². The number of halogens is 1. The third-order valence-electron chi connectivity index (χ3n) is 2.61. The summed E-state index contributed by atoms with van der Waals surface area (Å²) in [7, 11) is 0. The van der Waals surface area contributed by atoms with Crippen LogP contribution in [0.3, 0.4) is 0 Å². The smallest absolute Gasteiger partial charge is 0.106 e. The molecule has 2 atom stereocenters. The maximum Gasteiger partial charge on any atom is 0.106 e. The predicted octanol–water partition coefficient (Wildman–Crippen LogP) is 1.61. The van der Waals surface area contributed by atoms with E-state index < -0.39 is 6.10 Å². The lowest BCUT2D eigenvalue weighted by Gasteiger charge is -2.18. The van der Waals surface area contributed by atoms with Crippen LogP contribution in [-0.2, 0) is 0 Å². The average molecular weight is 257 g/mol. The van der Waals surface area contributed by atoms with E-state index in [-0.39, 0.29) is 6.04 Å². The Balaban J connectivity index is 2.13. The normalized spacial score (nSPS) is 20.5. The molecule has 3 nitrogen and oxygen atoms in total. The molecule has 1 aliphatic rings. The maximum atomic E-state index is 9.84. The van der Waals surface area contributed by atoms with Crippen molar-refractivity contribution in [3.63, 3.8) is 0 Å². The summed E-state index contributed by atoms with van der Waals surface area (Å²) in [5.74, 6) is 0.400. The summed E-state index contributed by atoms with van der Waals surface area (Å²) >= 11 is 3.28. The lowest BCUT2D eigenvalue weighted by molar-refractivity contribution is 0.122. The van der Waals surface area contributed by atoms with Crippen LogP contribution in [0.1, 0.15) is 24.4 Å². The van der Waals surface area contributed by atoms with Gasteiger partial charge in [0.25, 0.3) is 0 Å². The molecule has 2 rings (SSSR count). The van der Waals surface area contributed by atoms with Gasteiger partial charge in [-0.05, 0) is 52.4 Å². The van der Waals surface area contributed by atoms with Crippen LogP contribution in [0.15, 0.2) is 22.9 Å². The highest BCUT2D eigenvalue weighted by atomic mass is 79.9. The van der Waals surface area contributed by atoms with Gasteiger partial charge in [-0.2, -0.15) is 0 Å². The highest BCUT2D eigenvalue weighted by Gasteiger charge is 2.34. The predicted molar refractivity (Wildman–Crippen MR) is 57.6 cm³/mol. The Morgan fingerprint density at radius 2 is 2.29 bits per heavy atom. The lowest BCUT2D eigenvalue weighted by atomic mass is 10.0. The molecule has 76 valence electrons. The quantitative estimate of drug-likeness (QED) is 0.809. The van der Waals surface area contributed by atoms with E-state index in [9.17, 15) is 5.11 Å². The van der Waals surface area contributed by atoms with Crippen LogP contribution >= 0.6 is 15.9 Å². The van der Waals surface area contributed by atoms with Gasteiger partial charge in [-0.15, -0.1) is 0 Å². The number of hydrogen-bond donors (Lipinski definition) is 2. The Morgan fingerprint density at radius 3 is 2.86 bits per heavy atom. The van der Waals surface area contributed by atoms with Crippen molar-refractivity contribution in [2.75, 3.05) is 0 Å². The first-order valence-corrected chi connectivity index (χ1v) is 5.53. The fourth-order valence-corrected chi connectivity index (χ4v) is 1.94. The van der Waals surface area contributed by atoms with Gasteiger partial charge in [-0.1, -0.05) is 0 Å². The fourth-order valence-electron chi connectivity index (χ4n) is 1.55. The number of hydrogen-bond acceptors (Lipinski definition) is 3. The Bertz CT molecular complexity index is 328. The van der Waals surface area contributed by atoms with E-state index in [0.717, 1.165) is 23.0 Å². The van der Waals surface area contributed by atoms with Gasteiger partial charge in [0.1, 0.15) is 4.60 Å². The minimum atomic E-state index is -0.413. The minimum absolute atomic E-state index is 0.290. The topological polar surface area (TPSA) is 59.1 Å². The van der Waals surface area contributed by atoms with E-state index in [1.807, 2.05) is 12.1 Å². The second-order valence-electron chi connectivity index (χ2n) is 3.77. The summed E-state index contributed by atoms with van der Waals surface area (Å²) in [5, 5.41) is 9.84. The molecule has 0 saturated heterocycles. The van der Waals surface area contributed by atoms with Crippen LogP contribution in [0.2, 0.25) is 0 Å². The molecule has 1 aromatic heterocycles. The molecule has 0 spiro atoms. The second-order valence-corrected chi connectivity index (χ2v) is 4.58. The third-order valence-corrected chi connectivity index (χ3v) is 3.04. The van der Waals surface area contributed by atoms with Crippen molar-refractivity contribution in [2.45, 2.75) is 25.0 Å². The van der Waals surface area contributed by atoms with E-state index in [2.05, 4.69) is 20.9 Å². The zero-order chi connectivity index (χ0) is 10.1. The Morgan fingerprint density at radius 1 is 1.57 bits per heavy atom. The summed E-state index contributed by atoms with van der Waals surface area (Å²) in [6, 6.07) is 3.42. The average Bonchev–Trinajstić information content (AvgIpc) is 2.99. The molecular weight excluding hydrogens is 244 g/mol. The third kappa shape index (κ3) is 2.13. The molecule has 0 unspecified atom stereocenters. The zero-order valence-electron chi connectivity index (χ0n) is 7.73. The van der Waals surface area contributed by atoms with E-state index >= 15 is 0 Å². The molecule has 0 bridgehead atoms. The monoisotopic (exact) mass is 256 g/mol. The number of aliphatic hydroxyl groups is 1. The van der Waals surface area contributed by atoms with Crippen molar-refractivity contribution in [3.8, 4) is 0 Å². The standard InChI is InChI=1S/C10H13BrN2O/c11-8-5-7(3-4-13-8)9(12)10(14)6-1-2-6/h3-6,9-10,14H,1-2,12H2/t9-,10+/m1/s1. The number of rotatable bonds is 3. The first-order valence-electron chi connectivity index (χ1n) is 4.73. The Labute approximate surface area is 91.5 Å². The van der Waals surface area contributed by atoms with E-state index in [1.165, 1.54) is 0 Å².